The highest BCUT2D eigenvalue weighted by Gasteiger charge is 2.17. The van der Waals surface area contributed by atoms with Gasteiger partial charge in [-0.1, -0.05) is 5.16 Å². The Morgan fingerprint density at radius 2 is 2.00 bits per heavy atom. The van der Waals surface area contributed by atoms with E-state index in [0.29, 0.717) is 40.1 Å². The van der Waals surface area contributed by atoms with Gasteiger partial charge in [0.05, 0.1) is 19.9 Å². The molecule has 0 bridgehead atoms. The highest BCUT2D eigenvalue weighted by Crippen LogP contribution is 2.28. The van der Waals surface area contributed by atoms with E-state index < -0.39 is 0 Å². The molecular formula is C17H16N6O4. The summed E-state index contributed by atoms with van der Waals surface area (Å²) in [6.07, 6.45) is 1.65. The maximum Gasteiger partial charge on any atom is 0.275 e. The van der Waals surface area contributed by atoms with E-state index in [-0.39, 0.29) is 12.5 Å². The molecule has 0 radical (unpaired) electrons. The zero-order chi connectivity index (χ0) is 18.8. The summed E-state index contributed by atoms with van der Waals surface area (Å²) in [6.45, 7) is 1.98. The molecule has 0 amide bonds. The highest BCUT2D eigenvalue weighted by molar-refractivity contribution is 5.56. The van der Waals surface area contributed by atoms with Crippen LogP contribution < -0.4 is 14.2 Å². The Morgan fingerprint density at radius 3 is 2.74 bits per heavy atom. The molecule has 0 aliphatic carbocycles. The van der Waals surface area contributed by atoms with Crippen molar-refractivity contribution in [2.24, 2.45) is 0 Å². The molecule has 0 spiro atoms. The first kappa shape index (κ1) is 16.8. The van der Waals surface area contributed by atoms with E-state index in [4.69, 9.17) is 18.7 Å². The van der Waals surface area contributed by atoms with E-state index in [9.17, 15) is 0 Å². The molecule has 4 aromatic heterocycles. The Labute approximate surface area is 153 Å². The molecule has 27 heavy (non-hydrogen) atoms. The van der Waals surface area contributed by atoms with Gasteiger partial charge in [0.1, 0.15) is 18.1 Å². The largest absolute Gasteiger partial charge is 0.497 e. The van der Waals surface area contributed by atoms with Crippen LogP contribution in [0.25, 0.3) is 17.2 Å². The van der Waals surface area contributed by atoms with Gasteiger partial charge in [0.15, 0.2) is 17.1 Å². The van der Waals surface area contributed by atoms with Crippen LogP contribution in [0.3, 0.4) is 0 Å². The van der Waals surface area contributed by atoms with Gasteiger partial charge in [-0.25, -0.2) is 0 Å². The van der Waals surface area contributed by atoms with Crippen molar-refractivity contribution in [1.29, 1.82) is 0 Å². The van der Waals surface area contributed by atoms with Crippen molar-refractivity contribution in [1.82, 2.24) is 30.0 Å². The summed E-state index contributed by atoms with van der Waals surface area (Å²) in [6, 6.07) is 6.99. The predicted octanol–water partition coefficient (Wildman–Crippen LogP) is 2.08. The van der Waals surface area contributed by atoms with Crippen LogP contribution in [0.15, 0.2) is 35.0 Å². The van der Waals surface area contributed by atoms with E-state index in [1.54, 1.807) is 44.5 Å². The van der Waals surface area contributed by atoms with E-state index >= 15 is 0 Å². The zero-order valence-corrected chi connectivity index (χ0v) is 14.9. The van der Waals surface area contributed by atoms with E-state index in [1.807, 2.05) is 0 Å². The van der Waals surface area contributed by atoms with Crippen molar-refractivity contribution in [2.45, 2.75) is 13.5 Å². The van der Waals surface area contributed by atoms with Crippen molar-refractivity contribution < 1.29 is 18.7 Å². The smallest absolute Gasteiger partial charge is 0.275 e. The number of fused-ring (bicyclic) bond motifs is 1. The SMILES string of the molecule is COc1ccnc(COc2nn3c(-c4cc(C)on4)nnc3cc2OC)c1. The molecule has 0 N–H and O–H groups in total. The van der Waals surface area contributed by atoms with Crippen LogP contribution in [0.4, 0.5) is 0 Å². The molecule has 0 saturated carbocycles. The van der Waals surface area contributed by atoms with Gasteiger partial charge in [0.2, 0.25) is 5.82 Å². The molecule has 0 atom stereocenters. The monoisotopic (exact) mass is 368 g/mol. The van der Waals surface area contributed by atoms with Crippen molar-refractivity contribution in [3.63, 3.8) is 0 Å². The number of rotatable bonds is 6. The number of aromatic nitrogens is 6. The lowest BCUT2D eigenvalue weighted by atomic mass is 10.3. The van der Waals surface area contributed by atoms with Crippen LogP contribution in [0, 0.1) is 6.92 Å². The minimum absolute atomic E-state index is 0.187. The van der Waals surface area contributed by atoms with Crippen LogP contribution >= 0.6 is 0 Å². The highest BCUT2D eigenvalue weighted by atomic mass is 16.5. The van der Waals surface area contributed by atoms with E-state index in [2.05, 4.69) is 25.4 Å². The van der Waals surface area contributed by atoms with Crippen LogP contribution in [-0.2, 0) is 6.61 Å². The molecule has 0 aromatic carbocycles. The zero-order valence-electron chi connectivity index (χ0n) is 14.9. The van der Waals surface area contributed by atoms with Crippen molar-refractivity contribution in [2.75, 3.05) is 14.2 Å². The Balaban J connectivity index is 1.68. The number of methoxy groups -OCH3 is 2. The fourth-order valence-corrected chi connectivity index (χ4v) is 2.48. The third kappa shape index (κ3) is 3.24. The first-order valence-electron chi connectivity index (χ1n) is 8.04. The van der Waals surface area contributed by atoms with Crippen molar-refractivity contribution in [3.8, 4) is 28.9 Å². The second-order valence-electron chi connectivity index (χ2n) is 5.61. The molecule has 10 heteroatoms. The fraction of sp³-hybridized carbons (Fsp3) is 0.235. The first-order chi connectivity index (χ1) is 13.2. The first-order valence-corrected chi connectivity index (χ1v) is 8.04. The van der Waals surface area contributed by atoms with Gasteiger partial charge in [-0.3, -0.25) is 4.98 Å². The Hall–Kier alpha value is -3.69. The Kier molecular flexibility index (Phi) is 4.29. The van der Waals surface area contributed by atoms with Crippen LogP contribution in [0.2, 0.25) is 0 Å². The standard InChI is InChI=1S/C17H16N6O4/c1-10-6-13(22-27-10)16-20-19-15-8-14(25-3)17(21-23(15)16)26-9-11-7-12(24-2)4-5-18-11/h4-8H,9H2,1-3H3. The summed E-state index contributed by atoms with van der Waals surface area (Å²) in [4.78, 5) is 4.25. The number of ether oxygens (including phenoxy) is 3. The lowest BCUT2D eigenvalue weighted by Gasteiger charge is -2.10. The Bertz CT molecular complexity index is 1090. The molecule has 0 saturated heterocycles. The van der Waals surface area contributed by atoms with Crippen LogP contribution in [-0.4, -0.2) is 44.2 Å². The maximum atomic E-state index is 5.81. The number of aryl methyl sites for hydroxylation is 1. The van der Waals surface area contributed by atoms with Gasteiger partial charge >= 0.3 is 0 Å². The summed E-state index contributed by atoms with van der Waals surface area (Å²) >= 11 is 0. The molecule has 10 nitrogen and oxygen atoms in total. The lowest BCUT2D eigenvalue weighted by Crippen LogP contribution is -2.05. The second-order valence-corrected chi connectivity index (χ2v) is 5.61. The maximum absolute atomic E-state index is 5.81. The summed E-state index contributed by atoms with van der Waals surface area (Å²) in [5, 5.41) is 16.6. The summed E-state index contributed by atoms with van der Waals surface area (Å²) < 4.78 is 23.0. The van der Waals surface area contributed by atoms with Crippen molar-refractivity contribution >= 4 is 5.65 Å². The third-order valence-electron chi connectivity index (χ3n) is 3.78. The van der Waals surface area contributed by atoms with Crippen LogP contribution in [0.1, 0.15) is 11.5 Å². The minimum Gasteiger partial charge on any atom is -0.497 e. The van der Waals surface area contributed by atoms with Gasteiger partial charge in [0, 0.05) is 24.4 Å². The quantitative estimate of drug-likeness (QED) is 0.505. The lowest BCUT2D eigenvalue weighted by molar-refractivity contribution is 0.263. The normalized spacial score (nSPS) is 10.9. The number of pyridine rings is 1. The number of hydrogen-bond acceptors (Lipinski definition) is 9. The van der Waals surface area contributed by atoms with Gasteiger partial charge in [-0.15, -0.1) is 15.3 Å². The number of nitrogens with zero attached hydrogens (tertiary/aromatic N) is 6. The van der Waals surface area contributed by atoms with Crippen molar-refractivity contribution in [3.05, 3.63) is 41.9 Å². The van der Waals surface area contributed by atoms with Gasteiger partial charge < -0.3 is 18.7 Å². The molecule has 4 heterocycles. The van der Waals surface area contributed by atoms with Gasteiger partial charge in [-0.05, 0) is 13.0 Å². The Morgan fingerprint density at radius 1 is 1.11 bits per heavy atom. The molecule has 0 unspecified atom stereocenters. The molecule has 4 rings (SSSR count). The van der Waals surface area contributed by atoms with E-state index in [0.717, 1.165) is 0 Å². The van der Waals surface area contributed by atoms with Crippen LogP contribution in [0.5, 0.6) is 17.4 Å². The molecule has 0 aliphatic heterocycles. The molecule has 4 aromatic rings. The summed E-state index contributed by atoms with van der Waals surface area (Å²) in [5.74, 6) is 2.50. The molecule has 0 fully saturated rings. The fourth-order valence-electron chi connectivity index (χ4n) is 2.48. The van der Waals surface area contributed by atoms with Gasteiger partial charge in [0.25, 0.3) is 5.88 Å². The molecular weight excluding hydrogens is 352 g/mol. The number of hydrogen-bond donors (Lipinski definition) is 0. The molecule has 0 aliphatic rings. The minimum atomic E-state index is 0.187. The second kappa shape index (κ2) is 6.90. The average Bonchev–Trinajstić information content (AvgIpc) is 3.31. The summed E-state index contributed by atoms with van der Waals surface area (Å²) in [5.41, 5.74) is 1.71. The summed E-state index contributed by atoms with van der Waals surface area (Å²) in [7, 11) is 3.13. The van der Waals surface area contributed by atoms with Gasteiger partial charge in [-0.2, -0.15) is 4.52 Å². The average molecular weight is 368 g/mol. The third-order valence-corrected chi connectivity index (χ3v) is 3.78. The van der Waals surface area contributed by atoms with E-state index in [1.165, 1.54) is 11.6 Å². The topological polar surface area (TPSA) is 110 Å². The predicted molar refractivity (Wildman–Crippen MR) is 92.7 cm³/mol. The molecule has 138 valence electrons.